The lowest BCUT2D eigenvalue weighted by molar-refractivity contribution is -0.213. The summed E-state index contributed by atoms with van der Waals surface area (Å²) in [4.78, 5) is 37.3. The SMILES string of the molecule is COC(=O)/C=C/c1ccc(OP(=O)(N[C@@H](C)C(=O)OC(C)C)OC[C@H]2O[C@@H](N3C=CC(=O)NC3(C)OC)[C@](C)(F)[C@@H]2O)c(OC)c1. The highest BCUT2D eigenvalue weighted by molar-refractivity contribution is 7.52. The molecule has 15 nitrogen and oxygen atoms in total. The van der Waals surface area contributed by atoms with Crippen molar-refractivity contribution in [2.45, 2.75) is 76.7 Å². The van der Waals surface area contributed by atoms with Crippen LogP contribution in [0.5, 0.6) is 11.5 Å². The Morgan fingerprint density at radius 1 is 1.22 bits per heavy atom. The molecule has 0 aliphatic carbocycles. The Labute approximate surface area is 266 Å². The summed E-state index contributed by atoms with van der Waals surface area (Å²) in [6.07, 6.45) is -0.119. The Morgan fingerprint density at radius 3 is 2.52 bits per heavy atom. The van der Waals surface area contributed by atoms with Gasteiger partial charge in [-0.15, -0.1) is 0 Å². The van der Waals surface area contributed by atoms with Crippen LogP contribution >= 0.6 is 7.75 Å². The van der Waals surface area contributed by atoms with E-state index in [9.17, 15) is 24.1 Å². The predicted octanol–water partition coefficient (Wildman–Crippen LogP) is 2.39. The quantitative estimate of drug-likeness (QED) is 0.149. The van der Waals surface area contributed by atoms with Gasteiger partial charge in [-0.3, -0.25) is 14.1 Å². The number of carbonyl (C=O) groups is 3. The number of methoxy groups -OCH3 is 3. The van der Waals surface area contributed by atoms with E-state index < -0.39 is 74.3 Å². The van der Waals surface area contributed by atoms with Crippen LogP contribution in [-0.4, -0.2) is 97.9 Å². The molecule has 2 unspecified atom stereocenters. The molecule has 1 saturated heterocycles. The van der Waals surface area contributed by atoms with Crippen molar-refractivity contribution in [3.8, 4) is 11.5 Å². The fourth-order valence-electron chi connectivity index (χ4n) is 4.54. The molecule has 0 radical (unpaired) electrons. The fourth-order valence-corrected chi connectivity index (χ4v) is 6.06. The van der Waals surface area contributed by atoms with Crippen LogP contribution in [0, 0.1) is 0 Å². The molecule has 2 heterocycles. The molecule has 1 amide bonds. The summed E-state index contributed by atoms with van der Waals surface area (Å²) in [5, 5.41) is 16.0. The van der Waals surface area contributed by atoms with Crippen LogP contribution in [-0.2, 0) is 42.4 Å². The summed E-state index contributed by atoms with van der Waals surface area (Å²) in [7, 11) is -0.683. The van der Waals surface area contributed by atoms with Gasteiger partial charge in [0.1, 0.15) is 18.2 Å². The molecule has 1 aromatic rings. The van der Waals surface area contributed by atoms with E-state index in [0.717, 1.165) is 13.0 Å². The fraction of sp³-hybridized carbons (Fsp3) is 0.552. The highest BCUT2D eigenvalue weighted by Gasteiger charge is 2.59. The van der Waals surface area contributed by atoms with Gasteiger partial charge in [0.15, 0.2) is 23.4 Å². The Balaban J connectivity index is 1.89. The van der Waals surface area contributed by atoms with E-state index in [-0.39, 0.29) is 11.5 Å². The van der Waals surface area contributed by atoms with Gasteiger partial charge in [-0.1, -0.05) is 6.07 Å². The molecule has 7 atom stereocenters. The molecule has 0 saturated carbocycles. The molecule has 0 spiro atoms. The second-order valence-corrected chi connectivity index (χ2v) is 12.7. The van der Waals surface area contributed by atoms with Crippen LogP contribution in [0.2, 0.25) is 0 Å². The van der Waals surface area contributed by atoms with Crippen molar-refractivity contribution in [3.05, 3.63) is 42.1 Å². The standard InChI is InChI=1S/C29H41FN3O12P/c1-17(2)43-26(37)18(3)32-46(38,45-20-11-9-19(15-21(20)39-6)10-12-24(35)40-7)42-16-22-25(36)28(4,30)27(44-22)33-14-13-23(34)31-29(33,5)41-8/h9-15,17-18,22,25,27,36H,16H2,1-8H3,(H,31,34)(H,32,38)/b12-10+/t18-,22+,25+,27+,28+,29?,46?/m0/s1. The normalized spacial score (nSPS) is 28.1. The number of nitrogens with zero attached hydrogens (tertiary/aromatic N) is 1. The smallest absolute Gasteiger partial charge is 0.459 e. The second-order valence-electron chi connectivity index (χ2n) is 11.0. The van der Waals surface area contributed by atoms with Crippen molar-refractivity contribution in [3.63, 3.8) is 0 Å². The number of halogens is 1. The largest absolute Gasteiger partial charge is 0.493 e. The first kappa shape index (κ1) is 36.9. The number of amides is 1. The van der Waals surface area contributed by atoms with Crippen molar-refractivity contribution in [2.75, 3.05) is 27.9 Å². The topological polar surface area (TPSA) is 180 Å². The number of benzene rings is 1. The van der Waals surface area contributed by atoms with Gasteiger partial charge in [-0.05, 0) is 51.5 Å². The maximum absolute atomic E-state index is 16.1. The molecule has 3 rings (SSSR count). The number of nitrogens with one attached hydrogen (secondary N) is 2. The number of rotatable bonds is 14. The number of esters is 2. The molecule has 17 heteroatoms. The van der Waals surface area contributed by atoms with Gasteiger partial charge >= 0.3 is 19.7 Å². The zero-order valence-electron chi connectivity index (χ0n) is 26.8. The number of alkyl halides is 1. The van der Waals surface area contributed by atoms with Crippen molar-refractivity contribution < 1.29 is 61.2 Å². The van der Waals surface area contributed by atoms with Gasteiger partial charge in [0.05, 0.1) is 26.9 Å². The summed E-state index contributed by atoms with van der Waals surface area (Å²) < 4.78 is 68.0. The highest BCUT2D eigenvalue weighted by atomic mass is 31.2. The summed E-state index contributed by atoms with van der Waals surface area (Å²) in [5.74, 6) is -3.36. The number of hydrogen-bond donors (Lipinski definition) is 3. The summed E-state index contributed by atoms with van der Waals surface area (Å²) in [6, 6.07) is 3.19. The zero-order chi connectivity index (χ0) is 34.4. The maximum Gasteiger partial charge on any atom is 0.459 e. The van der Waals surface area contributed by atoms with Gasteiger partial charge < -0.3 is 43.5 Å². The van der Waals surface area contributed by atoms with Crippen molar-refractivity contribution in [2.24, 2.45) is 0 Å². The Bertz CT molecular complexity index is 1390. The predicted molar refractivity (Wildman–Crippen MR) is 161 cm³/mol. The Morgan fingerprint density at radius 2 is 1.91 bits per heavy atom. The molecule has 1 fully saturated rings. The first-order valence-corrected chi connectivity index (χ1v) is 15.8. The van der Waals surface area contributed by atoms with Crippen LogP contribution in [0.4, 0.5) is 4.39 Å². The summed E-state index contributed by atoms with van der Waals surface area (Å²) in [5.41, 5.74) is -1.93. The Kier molecular flexibility index (Phi) is 12.0. The van der Waals surface area contributed by atoms with Gasteiger partial charge in [-0.2, -0.15) is 5.09 Å². The van der Waals surface area contributed by atoms with Crippen molar-refractivity contribution >= 4 is 31.7 Å². The number of hydrogen-bond acceptors (Lipinski definition) is 13. The average molecular weight is 674 g/mol. The minimum atomic E-state index is -4.54. The molecule has 1 aromatic carbocycles. The van der Waals surface area contributed by atoms with Gasteiger partial charge in [0, 0.05) is 32.4 Å². The second kappa shape index (κ2) is 14.9. The molecule has 46 heavy (non-hydrogen) atoms. The molecule has 0 aromatic heterocycles. The van der Waals surface area contributed by atoms with Crippen LogP contribution < -0.4 is 19.7 Å². The molecule has 2 aliphatic rings. The average Bonchev–Trinajstić information content (AvgIpc) is 3.22. The third kappa shape index (κ3) is 8.63. The lowest BCUT2D eigenvalue weighted by atomic mass is 9.97. The summed E-state index contributed by atoms with van der Waals surface area (Å²) in [6.45, 7) is 6.54. The monoisotopic (exact) mass is 673 g/mol. The zero-order valence-corrected chi connectivity index (χ0v) is 27.7. The van der Waals surface area contributed by atoms with E-state index in [1.54, 1.807) is 13.8 Å². The molecule has 256 valence electrons. The third-order valence-electron chi connectivity index (χ3n) is 7.09. The number of aliphatic hydroxyl groups excluding tert-OH is 1. The number of ether oxygens (including phenoxy) is 5. The first-order chi connectivity index (χ1) is 21.5. The van der Waals surface area contributed by atoms with E-state index >= 15 is 4.39 Å². The van der Waals surface area contributed by atoms with Crippen LogP contribution in [0.25, 0.3) is 6.08 Å². The van der Waals surface area contributed by atoms with Crippen LogP contribution in [0.15, 0.2) is 36.6 Å². The number of aliphatic hydroxyl groups is 1. The lowest BCUT2D eigenvalue weighted by Crippen LogP contribution is -2.66. The molecule has 2 aliphatic heterocycles. The van der Waals surface area contributed by atoms with E-state index in [0.29, 0.717) is 5.56 Å². The Hall–Kier alpha value is -3.53. The van der Waals surface area contributed by atoms with Crippen LogP contribution in [0.1, 0.15) is 40.2 Å². The molecule has 3 N–H and O–H groups in total. The van der Waals surface area contributed by atoms with Crippen molar-refractivity contribution in [1.82, 2.24) is 15.3 Å². The van der Waals surface area contributed by atoms with Gasteiger partial charge in [0.25, 0.3) is 0 Å². The van der Waals surface area contributed by atoms with E-state index in [1.807, 2.05) is 0 Å². The van der Waals surface area contributed by atoms with Crippen molar-refractivity contribution in [1.29, 1.82) is 0 Å². The van der Waals surface area contributed by atoms with E-state index in [2.05, 4.69) is 15.1 Å². The lowest BCUT2D eigenvalue weighted by Gasteiger charge is -2.46. The molecule has 0 bridgehead atoms. The van der Waals surface area contributed by atoms with E-state index in [1.165, 1.54) is 76.6 Å². The minimum Gasteiger partial charge on any atom is -0.493 e. The first-order valence-electron chi connectivity index (χ1n) is 14.2. The van der Waals surface area contributed by atoms with E-state index in [4.69, 9.17) is 28.0 Å². The summed E-state index contributed by atoms with van der Waals surface area (Å²) >= 11 is 0. The van der Waals surface area contributed by atoms with Gasteiger partial charge in [0.2, 0.25) is 11.8 Å². The molecular formula is C29H41FN3O12P. The highest BCUT2D eigenvalue weighted by Crippen LogP contribution is 2.49. The number of carbonyl (C=O) groups excluding carboxylic acids is 3. The minimum absolute atomic E-state index is 0.0795. The van der Waals surface area contributed by atoms with Gasteiger partial charge in [-0.25, -0.2) is 13.8 Å². The van der Waals surface area contributed by atoms with Crippen LogP contribution in [0.3, 0.4) is 0 Å². The molecular weight excluding hydrogens is 632 g/mol. The third-order valence-corrected chi connectivity index (χ3v) is 8.72. The maximum atomic E-state index is 16.1.